The molecule has 0 bridgehead atoms. The fourth-order valence-corrected chi connectivity index (χ4v) is 19.0. The molecule has 19 aromatic carbocycles. The lowest BCUT2D eigenvalue weighted by atomic mass is 9.97. The van der Waals surface area contributed by atoms with Gasteiger partial charge >= 0.3 is 0 Å². The Morgan fingerprint density at radius 3 is 0.780 bits per heavy atom. The van der Waals surface area contributed by atoms with Gasteiger partial charge in [0.1, 0.15) is 44.7 Å². The Kier molecular flexibility index (Phi) is 17.5. The minimum absolute atomic E-state index is 0.00818. The van der Waals surface area contributed by atoms with Crippen molar-refractivity contribution in [2.24, 2.45) is 0 Å². The Morgan fingerprint density at radius 2 is 0.394 bits per heavy atom. The molecule has 10 nitrogen and oxygen atoms in total. The molecule has 0 aliphatic rings. The molecule has 0 saturated carbocycles. The lowest BCUT2D eigenvalue weighted by molar-refractivity contribution is 0.668. The Hall–Kier alpha value is -17.2. The maximum absolute atomic E-state index is 14.1. The molecule has 7 heterocycles. The first-order valence-corrected chi connectivity index (χ1v) is 42.5. The summed E-state index contributed by atoms with van der Waals surface area (Å²) in [7, 11) is 0. The Labute approximate surface area is 725 Å². The van der Waals surface area contributed by atoms with Crippen LogP contribution in [-0.4, -0.2) is 13.7 Å². The zero-order valence-electron chi connectivity index (χ0n) is 68.2. The maximum Gasteiger partial charge on any atom is 0.263 e. The number of fused-ring (bicyclic) bond motifs is 21. The van der Waals surface area contributed by atoms with Crippen LogP contribution < -0.4 is 16.7 Å². The van der Waals surface area contributed by atoms with Gasteiger partial charge in [-0.15, -0.1) is 0 Å². The van der Waals surface area contributed by atoms with E-state index in [-0.39, 0.29) is 16.7 Å². The third-order valence-electron chi connectivity index (χ3n) is 25.1. The Morgan fingerprint density at radius 1 is 0.150 bits per heavy atom. The number of benzene rings is 19. The van der Waals surface area contributed by atoms with Crippen molar-refractivity contribution in [3.8, 4) is 83.8 Å². The molecule has 10 heteroatoms. The molecule has 7 aromatic heterocycles. The van der Waals surface area contributed by atoms with Crippen LogP contribution in [0.5, 0.6) is 0 Å². The predicted molar refractivity (Wildman–Crippen MR) is 523 cm³/mol. The van der Waals surface area contributed by atoms with Crippen molar-refractivity contribution in [2.45, 2.75) is 0 Å². The highest BCUT2D eigenvalue weighted by atomic mass is 16.3. The molecule has 0 N–H and O–H groups in total. The molecule has 0 radical (unpaired) electrons. The predicted octanol–water partition coefficient (Wildman–Crippen LogP) is 30.0. The van der Waals surface area contributed by atoms with Gasteiger partial charge in [-0.25, -0.2) is 0 Å². The first kappa shape index (κ1) is 73.7. The number of pyridine rings is 3. The molecule has 0 amide bonds. The fourth-order valence-electron chi connectivity index (χ4n) is 19.0. The second-order valence-electron chi connectivity index (χ2n) is 32.3. The second kappa shape index (κ2) is 30.1. The number of furan rings is 4. The summed E-state index contributed by atoms with van der Waals surface area (Å²) in [5.74, 6) is 0. The Balaban J connectivity index is 0.000000107. The van der Waals surface area contributed by atoms with Gasteiger partial charge in [0.15, 0.2) is 0 Å². The van der Waals surface area contributed by atoms with Gasteiger partial charge in [0.25, 0.3) is 16.7 Å². The quantitative estimate of drug-likeness (QED) is 0.132. The minimum atomic E-state index is -0.0360. The van der Waals surface area contributed by atoms with Gasteiger partial charge in [0.2, 0.25) is 0 Å². The number of hydrogen-bond acceptors (Lipinski definition) is 7. The van der Waals surface area contributed by atoms with E-state index in [2.05, 4.69) is 200 Å². The summed E-state index contributed by atoms with van der Waals surface area (Å²) in [4.78, 5) is 41.5. The van der Waals surface area contributed by atoms with Gasteiger partial charge in [-0.1, -0.05) is 291 Å². The molecule has 596 valence electrons. The average molecular weight is 1630 g/mol. The van der Waals surface area contributed by atoms with Crippen LogP contribution in [0.3, 0.4) is 0 Å². The van der Waals surface area contributed by atoms with Crippen LogP contribution in [0.4, 0.5) is 0 Å². The summed E-state index contributed by atoms with van der Waals surface area (Å²) >= 11 is 0. The monoisotopic (exact) mass is 1630 g/mol. The van der Waals surface area contributed by atoms with E-state index in [1.807, 2.05) is 244 Å². The van der Waals surface area contributed by atoms with Crippen LogP contribution >= 0.6 is 0 Å². The minimum Gasteiger partial charge on any atom is -0.456 e. The molecule has 0 aliphatic carbocycles. The van der Waals surface area contributed by atoms with Gasteiger partial charge in [-0.3, -0.25) is 28.1 Å². The second-order valence-corrected chi connectivity index (χ2v) is 32.3. The van der Waals surface area contributed by atoms with Gasteiger partial charge in [-0.05, 0) is 211 Å². The summed E-state index contributed by atoms with van der Waals surface area (Å²) in [5, 5.41) is 17.0. The smallest absolute Gasteiger partial charge is 0.263 e. The molecule has 0 aliphatic heterocycles. The van der Waals surface area contributed by atoms with Gasteiger partial charge in [0.05, 0.1) is 16.6 Å². The van der Waals surface area contributed by atoms with Crippen molar-refractivity contribution >= 4 is 153 Å². The van der Waals surface area contributed by atoms with Crippen LogP contribution in [0, 0.1) is 0 Å². The number of nitrogens with zero attached hydrogens (tertiary/aromatic N) is 3. The third kappa shape index (κ3) is 12.5. The zero-order chi connectivity index (χ0) is 84.3. The van der Waals surface area contributed by atoms with Crippen molar-refractivity contribution in [1.82, 2.24) is 13.7 Å². The standard InChI is InChI=1S/C43H25NO3.2C37H23NO2/c45-43-34-10-2-1-7-31(34)35-23-28(29-17-22-42-37(25-29)33-9-4-6-12-40(33)47-42)15-20-38(35)44(43)30-18-13-26(14-19-30)27-16-21-41-36(24-27)32-8-3-5-11-39(32)46-41;39-37-32-13-5-4-11-29(32)33-23-26(24-9-2-1-3-10-24)19-22-34(33)38(37)27-20-17-25(18-21-27)28-14-8-15-31-30-12-6-7-16-35(30)40-36(28)31;39-37-32-13-5-4-11-29(32)33-23-26(21-22-34(33)38(37)27-9-2-1-3-10-27)24-17-19-25(20-18-24)28-14-8-15-31-30-12-6-7-16-35(30)40-36(28)31/h1-25H;2*1-23H. The highest BCUT2D eigenvalue weighted by molar-refractivity contribution is 6.15. The number of aromatic nitrogens is 3. The van der Waals surface area contributed by atoms with Crippen molar-refractivity contribution in [2.75, 3.05) is 0 Å². The number of para-hydroxylation sites is 7. The van der Waals surface area contributed by atoms with Crippen molar-refractivity contribution in [3.63, 3.8) is 0 Å². The van der Waals surface area contributed by atoms with E-state index in [0.29, 0.717) is 16.2 Å². The molecule has 26 rings (SSSR count). The molecule has 26 aromatic rings. The fraction of sp³-hybridized carbons (Fsp3) is 0. The van der Waals surface area contributed by atoms with E-state index in [4.69, 9.17) is 17.7 Å². The molecule has 0 unspecified atom stereocenters. The van der Waals surface area contributed by atoms with E-state index in [1.165, 1.54) is 0 Å². The van der Waals surface area contributed by atoms with Crippen LogP contribution in [0.1, 0.15) is 0 Å². The normalized spacial score (nSPS) is 11.7. The summed E-state index contributed by atoms with van der Waals surface area (Å²) in [5.41, 5.74) is 25.3. The van der Waals surface area contributed by atoms with Crippen LogP contribution in [0.15, 0.2) is 463 Å². The highest BCUT2D eigenvalue weighted by Crippen LogP contribution is 2.43. The zero-order valence-corrected chi connectivity index (χ0v) is 68.2. The Bertz CT molecular complexity index is 9140. The topological polar surface area (TPSA) is 119 Å². The van der Waals surface area contributed by atoms with E-state index in [1.54, 1.807) is 0 Å². The van der Waals surface area contributed by atoms with Gasteiger partial charge in [-0.2, -0.15) is 0 Å². The molecular weight excluding hydrogens is 1560 g/mol. The van der Waals surface area contributed by atoms with Crippen LogP contribution in [0.25, 0.3) is 237 Å². The molecule has 0 atom stereocenters. The summed E-state index contributed by atoms with van der Waals surface area (Å²) in [6.45, 7) is 0. The lowest BCUT2D eigenvalue weighted by Gasteiger charge is -2.15. The molecular formula is C117H71N3O7. The first-order valence-electron chi connectivity index (χ1n) is 42.5. The summed E-state index contributed by atoms with van der Waals surface area (Å²) in [6, 6.07) is 146. The maximum atomic E-state index is 14.1. The van der Waals surface area contributed by atoms with E-state index < -0.39 is 0 Å². The van der Waals surface area contributed by atoms with E-state index in [9.17, 15) is 14.4 Å². The van der Waals surface area contributed by atoms with E-state index in [0.717, 1.165) is 220 Å². The van der Waals surface area contributed by atoms with Crippen LogP contribution in [0.2, 0.25) is 0 Å². The molecule has 0 fully saturated rings. The van der Waals surface area contributed by atoms with Gasteiger partial charge in [0, 0.05) is 104 Å². The average Bonchev–Trinajstić information content (AvgIpc) is 1.75. The largest absolute Gasteiger partial charge is 0.456 e. The van der Waals surface area contributed by atoms with Crippen LogP contribution in [-0.2, 0) is 0 Å². The molecule has 0 saturated heterocycles. The first-order chi connectivity index (χ1) is 62.7. The van der Waals surface area contributed by atoms with Crippen molar-refractivity contribution < 1.29 is 17.7 Å². The highest BCUT2D eigenvalue weighted by Gasteiger charge is 2.22. The molecule has 127 heavy (non-hydrogen) atoms. The van der Waals surface area contributed by atoms with Gasteiger partial charge < -0.3 is 17.7 Å². The number of rotatable bonds is 9. The van der Waals surface area contributed by atoms with Crippen molar-refractivity contribution in [3.05, 3.63) is 462 Å². The lowest BCUT2D eigenvalue weighted by Crippen LogP contribution is -2.19. The van der Waals surface area contributed by atoms with E-state index >= 15 is 0 Å². The SMILES string of the molecule is O=c1c2ccccc2c2cc(-c3ccc(-c4cccc5c4oc4ccccc45)cc3)ccc2n1-c1ccccc1.O=c1c2ccccc2c2cc(-c3ccc4oc5ccccc5c4c3)ccc2n1-c1ccc(-c2ccc3oc4ccccc4c3c2)cc1.O=c1c2ccccc2c2cc(-c3ccccc3)ccc2n1-c1ccc(-c2cccc3c2oc2ccccc23)cc1. The van der Waals surface area contributed by atoms with Crippen molar-refractivity contribution in [1.29, 1.82) is 0 Å². The third-order valence-corrected chi connectivity index (χ3v) is 25.1. The number of hydrogen-bond donors (Lipinski definition) is 0. The summed E-state index contributed by atoms with van der Waals surface area (Å²) in [6.07, 6.45) is 0. The summed E-state index contributed by atoms with van der Waals surface area (Å²) < 4.78 is 30.1. The molecule has 0 spiro atoms.